The Kier molecular flexibility index (Phi) is 5.84. The average molecular weight is 397 g/mol. The number of fused-ring (bicyclic) bond motifs is 1. The normalized spacial score (nSPS) is 11.0. The van der Waals surface area contributed by atoms with Crippen molar-refractivity contribution in [2.75, 3.05) is 21.3 Å². The fourth-order valence-electron chi connectivity index (χ4n) is 2.50. The van der Waals surface area contributed by atoms with Crippen LogP contribution in [0.15, 0.2) is 29.6 Å². The number of alkyl halides is 2. The molecule has 1 N–H and O–H groups in total. The lowest BCUT2D eigenvalue weighted by Gasteiger charge is -2.10. The molecule has 0 amide bonds. The SMILES string of the molecule is COc1cc2[nH]c(SCc3nccc(OC)c3OC)nc2cc1OC(F)F. The molecule has 0 fully saturated rings. The first-order valence-corrected chi connectivity index (χ1v) is 8.75. The maximum atomic E-state index is 12.5. The fraction of sp³-hybridized carbons (Fsp3) is 0.294. The van der Waals surface area contributed by atoms with Crippen LogP contribution >= 0.6 is 11.8 Å². The number of thioether (sulfide) groups is 1. The molecule has 0 unspecified atom stereocenters. The van der Waals surface area contributed by atoms with Gasteiger partial charge in [0.05, 0.1) is 38.1 Å². The predicted molar refractivity (Wildman–Crippen MR) is 96.2 cm³/mol. The smallest absolute Gasteiger partial charge is 0.387 e. The number of aromatic nitrogens is 3. The second kappa shape index (κ2) is 8.30. The minimum atomic E-state index is -2.95. The molecule has 0 aliphatic rings. The zero-order chi connectivity index (χ0) is 19.4. The number of nitrogens with one attached hydrogen (secondary N) is 1. The van der Waals surface area contributed by atoms with Crippen LogP contribution in [0.3, 0.4) is 0 Å². The number of hydrogen-bond acceptors (Lipinski definition) is 7. The van der Waals surface area contributed by atoms with Gasteiger partial charge in [-0.15, -0.1) is 0 Å². The number of rotatable bonds is 8. The van der Waals surface area contributed by atoms with Gasteiger partial charge in [0, 0.05) is 30.1 Å². The first-order valence-electron chi connectivity index (χ1n) is 7.77. The minimum Gasteiger partial charge on any atom is -0.493 e. The largest absolute Gasteiger partial charge is 0.493 e. The summed E-state index contributed by atoms with van der Waals surface area (Å²) >= 11 is 1.39. The van der Waals surface area contributed by atoms with Crippen LogP contribution in [0.4, 0.5) is 8.78 Å². The predicted octanol–water partition coefficient (Wildman–Crippen LogP) is 3.88. The summed E-state index contributed by atoms with van der Waals surface area (Å²) in [5, 5.41) is 0.591. The van der Waals surface area contributed by atoms with Gasteiger partial charge in [0.25, 0.3) is 0 Å². The third-order valence-electron chi connectivity index (χ3n) is 3.67. The maximum Gasteiger partial charge on any atom is 0.387 e. The molecular formula is C17H17F2N3O4S. The summed E-state index contributed by atoms with van der Waals surface area (Å²) in [5.41, 5.74) is 1.82. The molecule has 0 atom stereocenters. The summed E-state index contributed by atoms with van der Waals surface area (Å²) in [6, 6.07) is 4.69. The Morgan fingerprint density at radius 3 is 2.52 bits per heavy atom. The van der Waals surface area contributed by atoms with Crippen LogP contribution in [0.25, 0.3) is 11.0 Å². The summed E-state index contributed by atoms with van der Waals surface area (Å²) < 4.78 is 45.3. The van der Waals surface area contributed by atoms with Crippen molar-refractivity contribution in [2.45, 2.75) is 17.5 Å². The van der Waals surface area contributed by atoms with Gasteiger partial charge in [0.2, 0.25) is 0 Å². The van der Waals surface area contributed by atoms with Crippen molar-refractivity contribution in [3.63, 3.8) is 0 Å². The number of ether oxygens (including phenoxy) is 4. The molecule has 0 aliphatic heterocycles. The Labute approximate surface area is 158 Å². The van der Waals surface area contributed by atoms with Crippen LogP contribution in [0.1, 0.15) is 5.69 Å². The highest BCUT2D eigenvalue weighted by atomic mass is 32.2. The van der Waals surface area contributed by atoms with E-state index in [2.05, 4.69) is 19.7 Å². The van der Waals surface area contributed by atoms with Crippen molar-refractivity contribution < 1.29 is 27.7 Å². The molecule has 3 rings (SSSR count). The molecule has 0 radical (unpaired) electrons. The minimum absolute atomic E-state index is 0.0702. The quantitative estimate of drug-likeness (QED) is 0.578. The Morgan fingerprint density at radius 1 is 1.07 bits per heavy atom. The van der Waals surface area contributed by atoms with E-state index in [4.69, 9.17) is 14.2 Å². The first kappa shape index (κ1) is 19.0. The van der Waals surface area contributed by atoms with Crippen LogP contribution in [0.2, 0.25) is 0 Å². The zero-order valence-corrected chi connectivity index (χ0v) is 15.6. The first-order chi connectivity index (χ1) is 13.0. The van der Waals surface area contributed by atoms with Crippen molar-refractivity contribution in [3.8, 4) is 23.0 Å². The van der Waals surface area contributed by atoms with Gasteiger partial charge < -0.3 is 23.9 Å². The van der Waals surface area contributed by atoms with Crippen LogP contribution < -0.4 is 18.9 Å². The number of methoxy groups -OCH3 is 3. The van der Waals surface area contributed by atoms with Crippen LogP contribution in [0.5, 0.6) is 23.0 Å². The van der Waals surface area contributed by atoms with Gasteiger partial charge in [-0.3, -0.25) is 4.98 Å². The Bertz CT molecular complexity index is 936. The maximum absolute atomic E-state index is 12.5. The van der Waals surface area contributed by atoms with E-state index in [1.807, 2.05) is 0 Å². The van der Waals surface area contributed by atoms with E-state index < -0.39 is 6.61 Å². The summed E-state index contributed by atoms with van der Waals surface area (Å²) in [6.45, 7) is -2.95. The summed E-state index contributed by atoms with van der Waals surface area (Å²) in [6.07, 6.45) is 1.63. The van der Waals surface area contributed by atoms with Gasteiger partial charge in [0.1, 0.15) is 0 Å². The summed E-state index contributed by atoms with van der Waals surface area (Å²) in [4.78, 5) is 11.8. The molecule has 2 heterocycles. The summed E-state index contributed by atoms with van der Waals surface area (Å²) in [7, 11) is 4.48. The van der Waals surface area contributed by atoms with E-state index in [9.17, 15) is 8.78 Å². The molecule has 0 saturated carbocycles. The second-order valence-electron chi connectivity index (χ2n) is 5.22. The lowest BCUT2D eigenvalue weighted by molar-refractivity contribution is -0.0511. The van der Waals surface area contributed by atoms with E-state index in [0.29, 0.717) is 39.1 Å². The van der Waals surface area contributed by atoms with Gasteiger partial charge >= 0.3 is 6.61 Å². The average Bonchev–Trinajstić information content (AvgIpc) is 3.06. The number of nitrogens with zero attached hydrogens (tertiary/aromatic N) is 2. The Hall–Kier alpha value is -2.75. The number of hydrogen-bond donors (Lipinski definition) is 1. The number of benzene rings is 1. The zero-order valence-electron chi connectivity index (χ0n) is 14.8. The molecule has 10 heteroatoms. The van der Waals surface area contributed by atoms with E-state index in [-0.39, 0.29) is 11.5 Å². The molecule has 1 aromatic carbocycles. The number of H-pyrrole nitrogens is 1. The molecular weight excluding hydrogens is 380 g/mol. The van der Waals surface area contributed by atoms with Gasteiger partial charge in [-0.05, 0) is 0 Å². The molecule has 2 aromatic heterocycles. The van der Waals surface area contributed by atoms with Crippen LogP contribution in [0, 0.1) is 0 Å². The van der Waals surface area contributed by atoms with Crippen molar-refractivity contribution in [3.05, 3.63) is 30.1 Å². The lowest BCUT2D eigenvalue weighted by Crippen LogP contribution is -2.03. The highest BCUT2D eigenvalue weighted by Crippen LogP contribution is 2.36. The molecule has 0 saturated heterocycles. The van der Waals surface area contributed by atoms with Gasteiger partial charge in [-0.1, -0.05) is 11.8 Å². The van der Waals surface area contributed by atoms with Gasteiger partial charge in [-0.25, -0.2) is 4.98 Å². The summed E-state index contributed by atoms with van der Waals surface area (Å²) in [5.74, 6) is 1.74. The van der Waals surface area contributed by atoms with Gasteiger partial charge in [0.15, 0.2) is 28.2 Å². The number of aromatic amines is 1. The highest BCUT2D eigenvalue weighted by Gasteiger charge is 2.16. The van der Waals surface area contributed by atoms with E-state index >= 15 is 0 Å². The number of pyridine rings is 1. The Balaban J connectivity index is 1.84. The van der Waals surface area contributed by atoms with Gasteiger partial charge in [-0.2, -0.15) is 8.78 Å². The monoisotopic (exact) mass is 397 g/mol. The Morgan fingerprint density at radius 2 is 1.85 bits per heavy atom. The molecule has 7 nitrogen and oxygen atoms in total. The standard InChI is InChI=1S/C17H17F2N3O4S/c1-23-12-4-5-20-11(15(12)25-3)8-27-17-21-9-6-13(24-2)14(26-16(18)19)7-10(9)22-17/h4-7,16H,8H2,1-3H3,(H,21,22). The molecule has 0 spiro atoms. The van der Waals surface area contributed by atoms with Crippen molar-refractivity contribution in [1.29, 1.82) is 0 Å². The number of halogens is 2. The molecule has 3 aromatic rings. The lowest BCUT2D eigenvalue weighted by atomic mass is 10.3. The molecule has 0 aliphatic carbocycles. The second-order valence-corrected chi connectivity index (χ2v) is 6.19. The van der Waals surface area contributed by atoms with Crippen molar-refractivity contribution in [2.24, 2.45) is 0 Å². The molecule has 0 bridgehead atoms. The highest BCUT2D eigenvalue weighted by molar-refractivity contribution is 7.98. The van der Waals surface area contributed by atoms with Crippen LogP contribution in [-0.4, -0.2) is 42.9 Å². The van der Waals surface area contributed by atoms with Crippen molar-refractivity contribution >= 4 is 22.8 Å². The van der Waals surface area contributed by atoms with E-state index in [0.717, 1.165) is 0 Å². The van der Waals surface area contributed by atoms with E-state index in [1.54, 1.807) is 32.5 Å². The molecule has 144 valence electrons. The molecule has 27 heavy (non-hydrogen) atoms. The van der Waals surface area contributed by atoms with E-state index in [1.165, 1.54) is 24.9 Å². The number of imidazole rings is 1. The topological polar surface area (TPSA) is 78.5 Å². The third-order valence-corrected chi connectivity index (χ3v) is 4.56. The third kappa shape index (κ3) is 4.16. The van der Waals surface area contributed by atoms with Crippen molar-refractivity contribution in [1.82, 2.24) is 15.0 Å². The van der Waals surface area contributed by atoms with Crippen LogP contribution in [-0.2, 0) is 5.75 Å². The fourth-order valence-corrected chi connectivity index (χ4v) is 3.32.